The molecular formula is C11H24N. The first-order chi connectivity index (χ1) is 5.28. The van der Waals surface area contributed by atoms with E-state index < -0.39 is 0 Å². The summed E-state index contributed by atoms with van der Waals surface area (Å²) in [5, 5.41) is 0. The predicted octanol–water partition coefficient (Wildman–Crippen LogP) is 3.46. The molecule has 1 heteroatoms. The second-order valence-electron chi connectivity index (χ2n) is 4.76. The number of rotatable bonds is 4. The zero-order valence-corrected chi connectivity index (χ0v) is 9.57. The Morgan fingerprint density at radius 2 is 1.17 bits per heavy atom. The van der Waals surface area contributed by atoms with Gasteiger partial charge in [-0.15, -0.1) is 0 Å². The standard InChI is InChI=1S/C11H24N/c1-8-10(3,4)12(7)11(5,6)9-2/h7-9H2,1-6H3. The van der Waals surface area contributed by atoms with Crippen molar-refractivity contribution >= 4 is 0 Å². The number of nitrogens with zero attached hydrogens (tertiary/aromatic N) is 1. The fourth-order valence-electron chi connectivity index (χ4n) is 1.20. The Morgan fingerprint density at radius 1 is 0.917 bits per heavy atom. The van der Waals surface area contributed by atoms with Crippen molar-refractivity contribution in [1.29, 1.82) is 0 Å². The topological polar surface area (TPSA) is 3.24 Å². The third-order valence-electron chi connectivity index (χ3n) is 3.19. The highest BCUT2D eigenvalue weighted by molar-refractivity contribution is 4.90. The van der Waals surface area contributed by atoms with Crippen molar-refractivity contribution in [3.63, 3.8) is 0 Å². The van der Waals surface area contributed by atoms with Crippen LogP contribution in [0, 0.1) is 7.05 Å². The van der Waals surface area contributed by atoms with Crippen molar-refractivity contribution in [3.05, 3.63) is 7.05 Å². The van der Waals surface area contributed by atoms with Gasteiger partial charge in [0.2, 0.25) is 0 Å². The fourth-order valence-corrected chi connectivity index (χ4v) is 1.20. The van der Waals surface area contributed by atoms with Gasteiger partial charge in [-0.3, -0.25) is 4.90 Å². The minimum atomic E-state index is 0.208. The van der Waals surface area contributed by atoms with Crippen LogP contribution in [0.3, 0.4) is 0 Å². The molecule has 0 heterocycles. The Hall–Kier alpha value is -0.0400. The first-order valence-electron chi connectivity index (χ1n) is 4.88. The molecule has 0 saturated heterocycles. The van der Waals surface area contributed by atoms with Crippen LogP contribution in [0.25, 0.3) is 0 Å². The van der Waals surface area contributed by atoms with Crippen molar-refractivity contribution in [3.8, 4) is 0 Å². The summed E-state index contributed by atoms with van der Waals surface area (Å²) in [7, 11) is 4.16. The highest BCUT2D eigenvalue weighted by Gasteiger charge is 2.31. The maximum atomic E-state index is 4.16. The van der Waals surface area contributed by atoms with E-state index in [9.17, 15) is 0 Å². The average molecular weight is 170 g/mol. The first kappa shape index (κ1) is 12.0. The molecule has 0 amide bonds. The van der Waals surface area contributed by atoms with E-state index in [2.05, 4.69) is 53.5 Å². The molecule has 0 spiro atoms. The van der Waals surface area contributed by atoms with Crippen LogP contribution in [0.15, 0.2) is 0 Å². The van der Waals surface area contributed by atoms with Crippen molar-refractivity contribution in [2.24, 2.45) is 0 Å². The molecule has 0 unspecified atom stereocenters. The summed E-state index contributed by atoms with van der Waals surface area (Å²) in [5.41, 5.74) is 0.416. The van der Waals surface area contributed by atoms with Gasteiger partial charge in [0.25, 0.3) is 0 Å². The lowest BCUT2D eigenvalue weighted by Gasteiger charge is -2.45. The molecule has 0 rings (SSSR count). The largest absolute Gasteiger partial charge is 0.292 e. The van der Waals surface area contributed by atoms with Crippen LogP contribution in [0.5, 0.6) is 0 Å². The van der Waals surface area contributed by atoms with Gasteiger partial charge in [0, 0.05) is 18.1 Å². The summed E-state index contributed by atoms with van der Waals surface area (Å²) in [6.45, 7) is 13.4. The second-order valence-corrected chi connectivity index (χ2v) is 4.76. The van der Waals surface area contributed by atoms with E-state index in [1.54, 1.807) is 0 Å². The summed E-state index contributed by atoms with van der Waals surface area (Å²) in [6.07, 6.45) is 2.28. The molecule has 0 aromatic heterocycles. The second kappa shape index (κ2) is 3.78. The third kappa shape index (κ3) is 2.48. The molecule has 0 aliphatic rings. The minimum absolute atomic E-state index is 0.208. The van der Waals surface area contributed by atoms with Crippen LogP contribution in [-0.2, 0) is 0 Å². The van der Waals surface area contributed by atoms with Crippen molar-refractivity contribution in [1.82, 2.24) is 4.90 Å². The van der Waals surface area contributed by atoms with Crippen LogP contribution in [0.4, 0.5) is 0 Å². The van der Waals surface area contributed by atoms with Gasteiger partial charge in [-0.05, 0) is 40.5 Å². The van der Waals surface area contributed by atoms with E-state index in [4.69, 9.17) is 0 Å². The van der Waals surface area contributed by atoms with E-state index in [0.29, 0.717) is 0 Å². The average Bonchev–Trinajstić information content (AvgIpc) is 2.03. The Kier molecular flexibility index (Phi) is 3.77. The third-order valence-corrected chi connectivity index (χ3v) is 3.19. The van der Waals surface area contributed by atoms with Crippen LogP contribution in [-0.4, -0.2) is 16.0 Å². The van der Waals surface area contributed by atoms with E-state index in [0.717, 1.165) is 12.8 Å². The summed E-state index contributed by atoms with van der Waals surface area (Å²) < 4.78 is 0. The van der Waals surface area contributed by atoms with Gasteiger partial charge in [-0.25, -0.2) is 0 Å². The van der Waals surface area contributed by atoms with Gasteiger partial charge >= 0.3 is 0 Å². The van der Waals surface area contributed by atoms with Gasteiger partial charge in [-0.2, -0.15) is 0 Å². The predicted molar refractivity (Wildman–Crippen MR) is 55.9 cm³/mol. The zero-order valence-electron chi connectivity index (χ0n) is 9.57. The molecular weight excluding hydrogens is 146 g/mol. The minimum Gasteiger partial charge on any atom is -0.292 e. The highest BCUT2D eigenvalue weighted by Crippen LogP contribution is 2.28. The summed E-state index contributed by atoms with van der Waals surface area (Å²) in [5.74, 6) is 0. The van der Waals surface area contributed by atoms with Crippen molar-refractivity contribution in [2.75, 3.05) is 0 Å². The molecule has 12 heavy (non-hydrogen) atoms. The number of hydrogen-bond acceptors (Lipinski definition) is 1. The SMILES string of the molecule is [CH2]N(C(C)(C)CC)C(C)(C)CC. The molecule has 73 valence electrons. The van der Waals surface area contributed by atoms with Crippen LogP contribution >= 0.6 is 0 Å². The molecule has 0 aromatic rings. The fraction of sp³-hybridized carbons (Fsp3) is 0.909. The van der Waals surface area contributed by atoms with Gasteiger partial charge in [0.15, 0.2) is 0 Å². The van der Waals surface area contributed by atoms with Crippen molar-refractivity contribution < 1.29 is 0 Å². The molecule has 0 fully saturated rings. The molecule has 0 bridgehead atoms. The first-order valence-corrected chi connectivity index (χ1v) is 4.88. The quantitative estimate of drug-likeness (QED) is 0.624. The van der Waals surface area contributed by atoms with Crippen molar-refractivity contribution in [2.45, 2.75) is 65.5 Å². The van der Waals surface area contributed by atoms with E-state index in [1.165, 1.54) is 0 Å². The van der Waals surface area contributed by atoms with Crippen LogP contribution in [0.2, 0.25) is 0 Å². The summed E-state index contributed by atoms with van der Waals surface area (Å²) >= 11 is 0. The Bertz CT molecular complexity index is 120. The van der Waals surface area contributed by atoms with Gasteiger partial charge in [-0.1, -0.05) is 13.8 Å². The van der Waals surface area contributed by atoms with Gasteiger partial charge in [0.1, 0.15) is 0 Å². The Morgan fingerprint density at radius 3 is 1.33 bits per heavy atom. The monoisotopic (exact) mass is 170 g/mol. The lowest BCUT2D eigenvalue weighted by molar-refractivity contribution is 0.0598. The highest BCUT2D eigenvalue weighted by atomic mass is 15.2. The Labute approximate surface area is 78.1 Å². The smallest absolute Gasteiger partial charge is 0.0156 e. The molecule has 1 radical (unpaired) electrons. The van der Waals surface area contributed by atoms with E-state index in [-0.39, 0.29) is 11.1 Å². The van der Waals surface area contributed by atoms with E-state index >= 15 is 0 Å². The molecule has 1 nitrogen and oxygen atoms in total. The van der Waals surface area contributed by atoms with Crippen LogP contribution in [0.1, 0.15) is 54.4 Å². The number of hydrogen-bond donors (Lipinski definition) is 0. The lowest BCUT2D eigenvalue weighted by atomic mass is 9.90. The Balaban J connectivity index is 4.47. The molecule has 0 saturated carbocycles. The van der Waals surface area contributed by atoms with Gasteiger partial charge < -0.3 is 0 Å². The van der Waals surface area contributed by atoms with E-state index in [1.807, 2.05) is 0 Å². The lowest BCUT2D eigenvalue weighted by Crippen LogP contribution is -2.51. The maximum absolute atomic E-state index is 4.16. The zero-order chi connectivity index (χ0) is 9.99. The molecule has 0 aliphatic heterocycles. The maximum Gasteiger partial charge on any atom is 0.0156 e. The normalized spacial score (nSPS) is 14.0. The summed E-state index contributed by atoms with van der Waals surface area (Å²) in [6, 6.07) is 0. The van der Waals surface area contributed by atoms with Crippen LogP contribution < -0.4 is 0 Å². The molecule has 0 aliphatic carbocycles. The molecule has 0 atom stereocenters. The molecule has 0 N–H and O–H groups in total. The summed E-state index contributed by atoms with van der Waals surface area (Å²) in [4.78, 5) is 2.24. The van der Waals surface area contributed by atoms with Gasteiger partial charge in [0.05, 0.1) is 0 Å². The molecule has 0 aromatic carbocycles.